The van der Waals surface area contributed by atoms with E-state index >= 15 is 0 Å². The number of rotatable bonds is 6. The standard InChI is InChI=1S/C17H15FN2O/c1-2-9-21-15-6-3-13(4-7-15)12-20-17-8-5-14(11-19)10-16(17)18/h2-8,10,20H,1,9,12H2. The lowest BCUT2D eigenvalue weighted by Gasteiger charge is -2.09. The van der Waals surface area contributed by atoms with Gasteiger partial charge in [0, 0.05) is 6.54 Å². The molecule has 0 aliphatic carbocycles. The van der Waals surface area contributed by atoms with E-state index in [1.165, 1.54) is 6.07 Å². The summed E-state index contributed by atoms with van der Waals surface area (Å²) in [4.78, 5) is 0. The fraction of sp³-hybridized carbons (Fsp3) is 0.118. The molecular formula is C17H15FN2O. The molecule has 0 saturated heterocycles. The zero-order chi connectivity index (χ0) is 15.1. The Labute approximate surface area is 123 Å². The zero-order valence-electron chi connectivity index (χ0n) is 11.5. The summed E-state index contributed by atoms with van der Waals surface area (Å²) in [6.45, 7) is 4.54. The van der Waals surface area contributed by atoms with Crippen LogP contribution in [0.25, 0.3) is 0 Å². The van der Waals surface area contributed by atoms with E-state index in [1.807, 2.05) is 30.3 Å². The number of nitrogens with zero attached hydrogens (tertiary/aromatic N) is 1. The van der Waals surface area contributed by atoms with Crippen molar-refractivity contribution in [2.75, 3.05) is 11.9 Å². The summed E-state index contributed by atoms with van der Waals surface area (Å²) in [7, 11) is 0. The first-order valence-corrected chi connectivity index (χ1v) is 6.49. The summed E-state index contributed by atoms with van der Waals surface area (Å²) >= 11 is 0. The van der Waals surface area contributed by atoms with Crippen molar-refractivity contribution in [1.29, 1.82) is 5.26 Å². The first-order chi connectivity index (χ1) is 10.2. The molecule has 0 aliphatic rings. The van der Waals surface area contributed by atoms with Crippen LogP contribution in [0.5, 0.6) is 5.75 Å². The molecule has 0 amide bonds. The Kier molecular flexibility index (Phi) is 4.94. The highest BCUT2D eigenvalue weighted by atomic mass is 19.1. The van der Waals surface area contributed by atoms with Gasteiger partial charge in [0.1, 0.15) is 18.2 Å². The number of nitrogens with one attached hydrogen (secondary N) is 1. The average Bonchev–Trinajstić information content (AvgIpc) is 2.52. The number of nitriles is 1. The molecule has 3 nitrogen and oxygen atoms in total. The zero-order valence-corrected chi connectivity index (χ0v) is 11.5. The number of anilines is 1. The molecule has 0 aromatic heterocycles. The smallest absolute Gasteiger partial charge is 0.147 e. The number of halogens is 1. The Morgan fingerprint density at radius 1 is 1.24 bits per heavy atom. The monoisotopic (exact) mass is 282 g/mol. The van der Waals surface area contributed by atoms with Gasteiger partial charge in [-0.05, 0) is 35.9 Å². The summed E-state index contributed by atoms with van der Waals surface area (Å²) < 4.78 is 19.1. The van der Waals surface area contributed by atoms with E-state index in [9.17, 15) is 4.39 Å². The predicted molar refractivity (Wildman–Crippen MR) is 80.6 cm³/mol. The van der Waals surface area contributed by atoms with Crippen LogP contribution in [0.15, 0.2) is 55.1 Å². The molecule has 106 valence electrons. The largest absolute Gasteiger partial charge is 0.490 e. The van der Waals surface area contributed by atoms with Crippen molar-refractivity contribution < 1.29 is 9.13 Å². The molecule has 2 aromatic rings. The van der Waals surface area contributed by atoms with Crippen LogP contribution in [-0.2, 0) is 6.54 Å². The number of hydrogen-bond donors (Lipinski definition) is 1. The predicted octanol–water partition coefficient (Wildman–Crippen LogP) is 3.87. The fourth-order valence-electron chi connectivity index (χ4n) is 1.78. The Morgan fingerprint density at radius 3 is 2.62 bits per heavy atom. The summed E-state index contributed by atoms with van der Waals surface area (Å²) in [5.41, 5.74) is 1.69. The normalized spacial score (nSPS) is 9.71. The molecule has 0 fully saturated rings. The minimum atomic E-state index is -0.431. The minimum Gasteiger partial charge on any atom is -0.490 e. The van der Waals surface area contributed by atoms with E-state index in [1.54, 1.807) is 18.2 Å². The Morgan fingerprint density at radius 2 is 2.00 bits per heavy atom. The van der Waals surface area contributed by atoms with Gasteiger partial charge in [-0.2, -0.15) is 5.26 Å². The molecule has 0 spiro atoms. The van der Waals surface area contributed by atoms with Gasteiger partial charge in [-0.25, -0.2) is 4.39 Å². The third kappa shape index (κ3) is 4.08. The van der Waals surface area contributed by atoms with Crippen LogP contribution in [0.4, 0.5) is 10.1 Å². The summed E-state index contributed by atoms with van der Waals surface area (Å²) in [6.07, 6.45) is 1.68. The van der Waals surface area contributed by atoms with Crippen LogP contribution < -0.4 is 10.1 Å². The molecule has 0 unspecified atom stereocenters. The SMILES string of the molecule is C=CCOc1ccc(CNc2ccc(C#N)cc2F)cc1. The number of ether oxygens (including phenoxy) is 1. The van der Waals surface area contributed by atoms with Gasteiger partial charge < -0.3 is 10.1 Å². The second-order valence-corrected chi connectivity index (χ2v) is 4.40. The van der Waals surface area contributed by atoms with Crippen molar-refractivity contribution in [2.24, 2.45) is 0 Å². The van der Waals surface area contributed by atoms with Crippen molar-refractivity contribution in [3.63, 3.8) is 0 Å². The van der Waals surface area contributed by atoms with Crippen LogP contribution in [0, 0.1) is 17.1 Å². The van der Waals surface area contributed by atoms with E-state index < -0.39 is 5.82 Å². The van der Waals surface area contributed by atoms with E-state index in [4.69, 9.17) is 10.00 Å². The van der Waals surface area contributed by atoms with E-state index in [-0.39, 0.29) is 0 Å². The van der Waals surface area contributed by atoms with Crippen molar-refractivity contribution in [3.05, 3.63) is 72.1 Å². The molecule has 0 radical (unpaired) electrons. The fourth-order valence-corrected chi connectivity index (χ4v) is 1.78. The molecule has 21 heavy (non-hydrogen) atoms. The van der Waals surface area contributed by atoms with Crippen LogP contribution in [-0.4, -0.2) is 6.61 Å². The Balaban J connectivity index is 1.96. The number of hydrogen-bond acceptors (Lipinski definition) is 3. The minimum absolute atomic E-state index is 0.307. The van der Waals surface area contributed by atoms with Gasteiger partial charge in [0.05, 0.1) is 17.3 Å². The summed E-state index contributed by atoms with van der Waals surface area (Å²) in [5, 5.41) is 11.7. The van der Waals surface area contributed by atoms with Crippen LogP contribution in [0.3, 0.4) is 0 Å². The Bertz CT molecular complexity index is 659. The molecule has 0 heterocycles. The van der Waals surface area contributed by atoms with Crippen molar-refractivity contribution in [3.8, 4) is 11.8 Å². The van der Waals surface area contributed by atoms with E-state index in [0.717, 1.165) is 11.3 Å². The second-order valence-electron chi connectivity index (χ2n) is 4.40. The first kappa shape index (κ1) is 14.6. The maximum Gasteiger partial charge on any atom is 0.147 e. The highest BCUT2D eigenvalue weighted by Gasteiger charge is 2.03. The molecule has 0 atom stereocenters. The van der Waals surface area contributed by atoms with Gasteiger partial charge in [0.2, 0.25) is 0 Å². The average molecular weight is 282 g/mol. The molecule has 0 aliphatic heterocycles. The highest BCUT2D eigenvalue weighted by Crippen LogP contribution is 2.17. The third-order valence-corrected chi connectivity index (χ3v) is 2.87. The summed E-state index contributed by atoms with van der Waals surface area (Å²) in [6, 6.07) is 13.8. The Hall–Kier alpha value is -2.80. The van der Waals surface area contributed by atoms with E-state index in [2.05, 4.69) is 11.9 Å². The highest BCUT2D eigenvalue weighted by molar-refractivity contribution is 5.49. The van der Waals surface area contributed by atoms with Gasteiger partial charge in [-0.3, -0.25) is 0 Å². The van der Waals surface area contributed by atoms with Crippen molar-refractivity contribution >= 4 is 5.69 Å². The van der Waals surface area contributed by atoms with Gasteiger partial charge >= 0.3 is 0 Å². The van der Waals surface area contributed by atoms with Crippen molar-refractivity contribution in [1.82, 2.24) is 0 Å². The topological polar surface area (TPSA) is 45.0 Å². The van der Waals surface area contributed by atoms with Gasteiger partial charge in [0.25, 0.3) is 0 Å². The second kappa shape index (κ2) is 7.11. The lowest BCUT2D eigenvalue weighted by atomic mass is 10.2. The maximum absolute atomic E-state index is 13.7. The lowest BCUT2D eigenvalue weighted by Crippen LogP contribution is -2.02. The molecular weight excluding hydrogens is 267 g/mol. The van der Waals surface area contributed by atoms with Gasteiger partial charge in [0.15, 0.2) is 0 Å². The molecule has 2 aromatic carbocycles. The van der Waals surface area contributed by atoms with E-state index in [0.29, 0.717) is 24.4 Å². The first-order valence-electron chi connectivity index (χ1n) is 6.49. The molecule has 2 rings (SSSR count). The quantitative estimate of drug-likeness (QED) is 0.818. The molecule has 0 saturated carbocycles. The molecule has 0 bridgehead atoms. The molecule has 1 N–H and O–H groups in total. The van der Waals surface area contributed by atoms with Crippen LogP contribution in [0.2, 0.25) is 0 Å². The van der Waals surface area contributed by atoms with Gasteiger partial charge in [-0.15, -0.1) is 0 Å². The number of benzene rings is 2. The van der Waals surface area contributed by atoms with Crippen LogP contribution in [0.1, 0.15) is 11.1 Å². The maximum atomic E-state index is 13.7. The lowest BCUT2D eigenvalue weighted by molar-refractivity contribution is 0.363. The molecule has 4 heteroatoms. The van der Waals surface area contributed by atoms with Gasteiger partial charge in [-0.1, -0.05) is 24.8 Å². The van der Waals surface area contributed by atoms with Crippen molar-refractivity contribution in [2.45, 2.75) is 6.54 Å². The summed E-state index contributed by atoms with van der Waals surface area (Å²) in [5.74, 6) is 0.336. The third-order valence-electron chi connectivity index (χ3n) is 2.87. The van der Waals surface area contributed by atoms with Crippen LogP contribution >= 0.6 is 0 Å².